The average molecular weight is 353 g/mol. The molecular formula is C9H12IN3O2S. The zero-order valence-corrected chi connectivity index (χ0v) is 11.6. The molecule has 1 aromatic rings. The SMILES string of the molecule is O=S1(=O)CCCN(c2ncncc2I)CC1. The van der Waals surface area contributed by atoms with Crippen LogP contribution in [0.5, 0.6) is 0 Å². The summed E-state index contributed by atoms with van der Waals surface area (Å²) in [6.45, 7) is 1.27. The largest absolute Gasteiger partial charge is 0.355 e. The molecule has 0 aliphatic carbocycles. The lowest BCUT2D eigenvalue weighted by Crippen LogP contribution is -2.28. The predicted octanol–water partition coefficient (Wildman–Crippen LogP) is 0.706. The highest BCUT2D eigenvalue weighted by Crippen LogP contribution is 2.19. The van der Waals surface area contributed by atoms with Crippen molar-refractivity contribution in [2.75, 3.05) is 29.5 Å². The molecule has 0 unspecified atom stereocenters. The molecule has 1 aromatic heterocycles. The van der Waals surface area contributed by atoms with Gasteiger partial charge in [-0.3, -0.25) is 0 Å². The van der Waals surface area contributed by atoms with Gasteiger partial charge in [0.2, 0.25) is 0 Å². The molecule has 0 N–H and O–H groups in total. The number of rotatable bonds is 1. The Kier molecular flexibility index (Phi) is 3.63. The van der Waals surface area contributed by atoms with Gasteiger partial charge in [0.05, 0.1) is 15.1 Å². The van der Waals surface area contributed by atoms with Gasteiger partial charge in [0.15, 0.2) is 9.84 Å². The Morgan fingerprint density at radius 1 is 1.31 bits per heavy atom. The molecule has 1 aliphatic heterocycles. The second kappa shape index (κ2) is 4.82. The maximum absolute atomic E-state index is 11.5. The van der Waals surface area contributed by atoms with E-state index >= 15 is 0 Å². The first kappa shape index (κ1) is 12.0. The van der Waals surface area contributed by atoms with Crippen molar-refractivity contribution >= 4 is 38.2 Å². The summed E-state index contributed by atoms with van der Waals surface area (Å²) in [5, 5.41) is 0. The number of anilines is 1. The first-order valence-corrected chi connectivity index (χ1v) is 7.89. The van der Waals surface area contributed by atoms with E-state index in [4.69, 9.17) is 0 Å². The van der Waals surface area contributed by atoms with Crippen LogP contribution >= 0.6 is 22.6 Å². The highest BCUT2D eigenvalue weighted by molar-refractivity contribution is 14.1. The van der Waals surface area contributed by atoms with Crippen LogP contribution in [0.15, 0.2) is 12.5 Å². The molecule has 1 saturated heterocycles. The molecule has 0 amide bonds. The second-order valence-electron chi connectivity index (χ2n) is 3.69. The number of hydrogen-bond acceptors (Lipinski definition) is 5. The van der Waals surface area contributed by atoms with Gasteiger partial charge in [-0.25, -0.2) is 18.4 Å². The lowest BCUT2D eigenvalue weighted by atomic mass is 10.4. The van der Waals surface area contributed by atoms with Crippen LogP contribution in [0, 0.1) is 3.57 Å². The van der Waals surface area contributed by atoms with Crippen molar-refractivity contribution in [3.8, 4) is 0 Å². The number of halogens is 1. The molecule has 5 nitrogen and oxygen atoms in total. The molecule has 0 atom stereocenters. The third kappa shape index (κ3) is 2.82. The van der Waals surface area contributed by atoms with E-state index in [2.05, 4.69) is 32.6 Å². The lowest BCUT2D eigenvalue weighted by molar-refractivity contribution is 0.597. The molecular weight excluding hydrogens is 341 g/mol. The minimum absolute atomic E-state index is 0.215. The second-order valence-corrected chi connectivity index (χ2v) is 7.15. The summed E-state index contributed by atoms with van der Waals surface area (Å²) in [6, 6.07) is 0. The molecule has 0 saturated carbocycles. The smallest absolute Gasteiger partial charge is 0.152 e. The number of aromatic nitrogens is 2. The fourth-order valence-electron chi connectivity index (χ4n) is 1.69. The molecule has 1 aliphatic rings. The summed E-state index contributed by atoms with van der Waals surface area (Å²) >= 11 is 2.17. The van der Waals surface area contributed by atoms with E-state index in [9.17, 15) is 8.42 Å². The zero-order valence-electron chi connectivity index (χ0n) is 8.63. The first-order chi connectivity index (χ1) is 7.58. The van der Waals surface area contributed by atoms with Crippen LogP contribution in [-0.4, -0.2) is 43.0 Å². The molecule has 7 heteroatoms. The normalized spacial score (nSPS) is 20.4. The molecule has 16 heavy (non-hydrogen) atoms. The van der Waals surface area contributed by atoms with Crippen molar-refractivity contribution in [1.82, 2.24) is 9.97 Å². The van der Waals surface area contributed by atoms with Gasteiger partial charge in [-0.2, -0.15) is 0 Å². The third-order valence-corrected chi connectivity index (χ3v) is 4.98. The molecule has 0 bridgehead atoms. The predicted molar refractivity (Wildman–Crippen MR) is 70.2 cm³/mol. The molecule has 0 radical (unpaired) electrons. The Hall–Kier alpha value is -0.440. The topological polar surface area (TPSA) is 63.2 Å². The van der Waals surface area contributed by atoms with E-state index in [0.717, 1.165) is 15.9 Å². The van der Waals surface area contributed by atoms with Gasteiger partial charge in [-0.1, -0.05) is 0 Å². The Morgan fingerprint density at radius 3 is 2.88 bits per heavy atom. The number of sulfone groups is 1. The maximum Gasteiger partial charge on any atom is 0.152 e. The Labute approximate surface area is 108 Å². The van der Waals surface area contributed by atoms with Crippen molar-refractivity contribution < 1.29 is 8.42 Å². The van der Waals surface area contributed by atoms with Crippen LogP contribution in [0.1, 0.15) is 6.42 Å². The summed E-state index contributed by atoms with van der Waals surface area (Å²) in [5.41, 5.74) is 0. The first-order valence-electron chi connectivity index (χ1n) is 4.99. The summed E-state index contributed by atoms with van der Waals surface area (Å²) in [5.74, 6) is 1.34. The number of nitrogens with zero attached hydrogens (tertiary/aromatic N) is 3. The van der Waals surface area contributed by atoms with E-state index in [-0.39, 0.29) is 11.5 Å². The van der Waals surface area contributed by atoms with E-state index in [1.807, 2.05) is 4.90 Å². The van der Waals surface area contributed by atoms with Gasteiger partial charge in [0.25, 0.3) is 0 Å². The van der Waals surface area contributed by atoms with Crippen LogP contribution < -0.4 is 4.90 Å². The highest BCUT2D eigenvalue weighted by Gasteiger charge is 2.21. The summed E-state index contributed by atoms with van der Waals surface area (Å²) < 4.78 is 23.9. The van der Waals surface area contributed by atoms with E-state index in [1.165, 1.54) is 6.33 Å². The standard InChI is InChI=1S/C9H12IN3O2S/c10-8-6-11-7-12-9(8)13-2-1-4-16(14,15)5-3-13/h6-7H,1-5H2. The molecule has 1 fully saturated rings. The number of hydrogen-bond donors (Lipinski definition) is 0. The Morgan fingerprint density at radius 2 is 2.12 bits per heavy atom. The monoisotopic (exact) mass is 353 g/mol. The summed E-state index contributed by atoms with van der Waals surface area (Å²) in [7, 11) is -2.86. The van der Waals surface area contributed by atoms with Gasteiger partial charge in [0.1, 0.15) is 12.1 Å². The van der Waals surface area contributed by atoms with Gasteiger partial charge >= 0.3 is 0 Å². The Bertz CT molecular complexity index is 477. The fraction of sp³-hybridized carbons (Fsp3) is 0.556. The highest BCUT2D eigenvalue weighted by atomic mass is 127. The van der Waals surface area contributed by atoms with Crippen molar-refractivity contribution in [1.29, 1.82) is 0 Å². The van der Waals surface area contributed by atoms with Crippen LogP contribution in [0.2, 0.25) is 0 Å². The molecule has 0 spiro atoms. The van der Waals surface area contributed by atoms with E-state index < -0.39 is 9.84 Å². The third-order valence-electron chi connectivity index (χ3n) is 2.50. The average Bonchev–Trinajstić information content (AvgIpc) is 2.40. The van der Waals surface area contributed by atoms with Crippen LogP contribution in [-0.2, 0) is 9.84 Å². The van der Waals surface area contributed by atoms with Crippen molar-refractivity contribution in [3.63, 3.8) is 0 Å². The lowest BCUT2D eigenvalue weighted by Gasteiger charge is -2.21. The van der Waals surface area contributed by atoms with Crippen LogP contribution in [0.4, 0.5) is 5.82 Å². The molecule has 88 valence electrons. The van der Waals surface area contributed by atoms with Gasteiger partial charge in [-0.05, 0) is 29.0 Å². The van der Waals surface area contributed by atoms with Gasteiger partial charge in [0, 0.05) is 19.3 Å². The van der Waals surface area contributed by atoms with Crippen LogP contribution in [0.3, 0.4) is 0 Å². The molecule has 0 aromatic carbocycles. The molecule has 2 rings (SSSR count). The molecule has 2 heterocycles. The maximum atomic E-state index is 11.5. The summed E-state index contributed by atoms with van der Waals surface area (Å²) in [4.78, 5) is 10.2. The fourth-order valence-corrected chi connectivity index (χ4v) is 3.60. The van der Waals surface area contributed by atoms with Crippen LogP contribution in [0.25, 0.3) is 0 Å². The minimum atomic E-state index is -2.86. The quantitative estimate of drug-likeness (QED) is 0.696. The van der Waals surface area contributed by atoms with Crippen molar-refractivity contribution in [2.24, 2.45) is 0 Å². The van der Waals surface area contributed by atoms with E-state index in [1.54, 1.807) is 6.20 Å². The minimum Gasteiger partial charge on any atom is -0.355 e. The summed E-state index contributed by atoms with van der Waals surface area (Å²) in [6.07, 6.45) is 3.90. The Balaban J connectivity index is 2.20. The zero-order chi connectivity index (χ0) is 11.6. The van der Waals surface area contributed by atoms with Gasteiger partial charge < -0.3 is 4.90 Å². The van der Waals surface area contributed by atoms with Crippen molar-refractivity contribution in [2.45, 2.75) is 6.42 Å². The van der Waals surface area contributed by atoms with E-state index in [0.29, 0.717) is 13.0 Å². The van der Waals surface area contributed by atoms with Gasteiger partial charge in [-0.15, -0.1) is 0 Å². The van der Waals surface area contributed by atoms with Crippen molar-refractivity contribution in [3.05, 3.63) is 16.1 Å².